The van der Waals surface area contributed by atoms with Gasteiger partial charge >= 0.3 is 0 Å². The summed E-state index contributed by atoms with van der Waals surface area (Å²) in [5.41, 5.74) is 2.93. The Morgan fingerprint density at radius 3 is 2.34 bits per heavy atom. The van der Waals surface area contributed by atoms with Gasteiger partial charge in [0.2, 0.25) is 0 Å². The number of rotatable bonds is 6. The third kappa shape index (κ3) is 5.34. The zero-order valence-electron chi connectivity index (χ0n) is 19.6. The zero-order valence-corrected chi connectivity index (χ0v) is 23.7. The number of hydrogen-bond acceptors (Lipinski definition) is 3. The van der Waals surface area contributed by atoms with Gasteiger partial charge in [-0.3, -0.25) is 9.69 Å². The predicted molar refractivity (Wildman–Crippen MR) is 141 cm³/mol. The van der Waals surface area contributed by atoms with E-state index in [0.717, 1.165) is 10.9 Å². The van der Waals surface area contributed by atoms with Gasteiger partial charge in [0.1, 0.15) is 0 Å². The molecule has 7 heteroatoms. The molecule has 3 rings (SSSR count). The van der Waals surface area contributed by atoms with Gasteiger partial charge in [-0.05, 0) is 60.8 Å². The fraction of sp³-hybridized carbons (Fsp3) is 0.480. The van der Waals surface area contributed by atoms with Gasteiger partial charge in [-0.15, -0.1) is 0 Å². The lowest BCUT2D eigenvalue weighted by Crippen LogP contribution is -2.51. The van der Waals surface area contributed by atoms with Crippen molar-refractivity contribution in [2.45, 2.75) is 64.3 Å². The molecule has 2 aromatic carbocycles. The number of hydrogen-bond donors (Lipinski definition) is 0. The minimum atomic E-state index is -1.93. The maximum atomic E-state index is 13.3. The Labute approximate surface area is 211 Å². The highest BCUT2D eigenvalue weighted by atomic mass is 79.9. The van der Waals surface area contributed by atoms with Crippen molar-refractivity contribution in [2.24, 2.45) is 0 Å². The Kier molecular flexibility index (Phi) is 8.01. The molecule has 0 aliphatic carbocycles. The largest absolute Gasteiger partial charge is 0.415 e. The van der Waals surface area contributed by atoms with Gasteiger partial charge in [-0.25, -0.2) is 0 Å². The van der Waals surface area contributed by atoms with E-state index in [4.69, 9.17) is 27.6 Å². The van der Waals surface area contributed by atoms with Crippen LogP contribution >= 0.6 is 39.1 Å². The van der Waals surface area contributed by atoms with Crippen LogP contribution in [0.15, 0.2) is 40.9 Å². The average Bonchev–Trinajstić information content (AvgIpc) is 2.68. The third-order valence-electron chi connectivity index (χ3n) is 7.02. The third-order valence-corrected chi connectivity index (χ3v) is 12.9. The maximum absolute atomic E-state index is 13.3. The monoisotopic (exact) mass is 555 g/mol. The van der Waals surface area contributed by atoms with E-state index in [2.05, 4.69) is 79.8 Å². The van der Waals surface area contributed by atoms with Crippen LogP contribution in [0.2, 0.25) is 28.2 Å². The van der Waals surface area contributed by atoms with E-state index in [-0.39, 0.29) is 29.4 Å². The van der Waals surface area contributed by atoms with Crippen molar-refractivity contribution in [1.82, 2.24) is 4.90 Å². The van der Waals surface area contributed by atoms with E-state index in [0.29, 0.717) is 22.2 Å². The van der Waals surface area contributed by atoms with Crippen molar-refractivity contribution in [2.75, 3.05) is 13.2 Å². The van der Waals surface area contributed by atoms with Crippen LogP contribution < -0.4 is 0 Å². The lowest BCUT2D eigenvalue weighted by atomic mass is 9.88. The number of halogens is 3. The first-order valence-corrected chi connectivity index (χ1v) is 15.4. The molecule has 2 atom stereocenters. The molecule has 0 radical (unpaired) electrons. The van der Waals surface area contributed by atoms with E-state index in [9.17, 15) is 4.79 Å². The Morgan fingerprint density at radius 2 is 1.75 bits per heavy atom. The first-order valence-electron chi connectivity index (χ1n) is 11.0. The Balaban J connectivity index is 1.93. The van der Waals surface area contributed by atoms with Gasteiger partial charge in [-0.1, -0.05) is 78.1 Å². The average molecular weight is 557 g/mol. The highest BCUT2D eigenvalue weighted by Crippen LogP contribution is 2.40. The van der Waals surface area contributed by atoms with E-state index in [1.807, 2.05) is 0 Å². The Morgan fingerprint density at radius 1 is 1.16 bits per heavy atom. The predicted octanol–water partition coefficient (Wildman–Crippen LogP) is 7.95. The fourth-order valence-electron chi connectivity index (χ4n) is 3.98. The number of carbonyl (C=O) groups excluding carboxylic acids is 1. The molecule has 0 N–H and O–H groups in total. The number of carbonyl (C=O) groups is 1. The molecular formula is C25H32BrCl2NO2Si. The summed E-state index contributed by atoms with van der Waals surface area (Å²) in [5.74, 6) is -0.0665. The number of ketones is 1. The second kappa shape index (κ2) is 9.89. The van der Waals surface area contributed by atoms with Crippen LogP contribution in [0.4, 0.5) is 0 Å². The zero-order chi connectivity index (χ0) is 23.8. The summed E-state index contributed by atoms with van der Waals surface area (Å²) in [6.07, 6.45) is 0.819. The van der Waals surface area contributed by atoms with Crippen molar-refractivity contribution in [3.8, 4) is 0 Å². The van der Waals surface area contributed by atoms with E-state index in [1.54, 1.807) is 18.2 Å². The smallest absolute Gasteiger partial charge is 0.192 e. The molecule has 0 saturated carbocycles. The second-order valence-electron chi connectivity index (χ2n) is 10.1. The van der Waals surface area contributed by atoms with Crippen LogP contribution in [0, 0.1) is 0 Å². The molecule has 0 bridgehead atoms. The molecule has 0 saturated heterocycles. The van der Waals surface area contributed by atoms with Gasteiger partial charge in [0.15, 0.2) is 14.1 Å². The van der Waals surface area contributed by atoms with Crippen molar-refractivity contribution in [1.29, 1.82) is 0 Å². The van der Waals surface area contributed by atoms with Crippen LogP contribution in [-0.2, 0) is 10.8 Å². The van der Waals surface area contributed by atoms with Gasteiger partial charge in [0, 0.05) is 23.2 Å². The summed E-state index contributed by atoms with van der Waals surface area (Å²) in [6, 6.07) is 11.6. The topological polar surface area (TPSA) is 29.5 Å². The van der Waals surface area contributed by atoms with Crippen molar-refractivity contribution in [3.63, 3.8) is 0 Å². The molecule has 174 valence electrons. The molecule has 1 aliphatic rings. The van der Waals surface area contributed by atoms with E-state index >= 15 is 0 Å². The molecule has 2 aromatic rings. The van der Waals surface area contributed by atoms with Crippen molar-refractivity contribution < 1.29 is 9.22 Å². The first kappa shape index (κ1) is 25.9. The first-order chi connectivity index (χ1) is 14.8. The minimum absolute atomic E-state index is 0.0643. The van der Waals surface area contributed by atoms with Crippen LogP contribution in [-0.4, -0.2) is 38.2 Å². The molecule has 1 heterocycles. The highest BCUT2D eigenvalue weighted by Gasteiger charge is 2.40. The molecule has 3 nitrogen and oxygen atoms in total. The summed E-state index contributed by atoms with van der Waals surface area (Å²) in [6.45, 7) is 14.3. The summed E-state index contributed by atoms with van der Waals surface area (Å²) >= 11 is 16.4. The summed E-state index contributed by atoms with van der Waals surface area (Å²) < 4.78 is 7.73. The quantitative estimate of drug-likeness (QED) is 0.267. The molecular weight excluding hydrogens is 525 g/mol. The molecule has 0 spiro atoms. The summed E-state index contributed by atoms with van der Waals surface area (Å²) in [5, 5.41) is 0.908. The number of benzene rings is 2. The number of fused-ring (bicyclic) bond motifs is 1. The summed E-state index contributed by atoms with van der Waals surface area (Å²) in [7, 11) is -1.93. The Bertz CT molecular complexity index is 986. The minimum Gasteiger partial charge on any atom is -0.415 e. The lowest BCUT2D eigenvalue weighted by Gasteiger charge is -2.44. The highest BCUT2D eigenvalue weighted by molar-refractivity contribution is 9.10. The SMILES string of the molecule is C[C@H]1c2cccc(Br)c2C[C@H](CO[Si](C)(C)C(C)(C)C)N1CC(=O)c1c(Cl)cccc1Cl. The van der Waals surface area contributed by atoms with Crippen LogP contribution in [0.25, 0.3) is 0 Å². The molecule has 1 aliphatic heterocycles. The normalized spacial score (nSPS) is 19.7. The van der Waals surface area contributed by atoms with Gasteiger partial charge < -0.3 is 4.43 Å². The number of nitrogens with zero attached hydrogens (tertiary/aromatic N) is 1. The van der Waals surface area contributed by atoms with E-state index in [1.165, 1.54) is 11.1 Å². The second-order valence-corrected chi connectivity index (χ2v) is 16.6. The summed E-state index contributed by atoms with van der Waals surface area (Å²) in [4.78, 5) is 15.6. The van der Waals surface area contributed by atoms with Crippen molar-refractivity contribution >= 4 is 53.2 Å². The fourth-order valence-corrected chi connectivity index (χ4v) is 6.17. The van der Waals surface area contributed by atoms with E-state index < -0.39 is 8.32 Å². The molecule has 0 unspecified atom stereocenters. The standard InChI is InChI=1S/C25H32BrCl2NO2Si/c1-16-18-9-7-10-20(26)19(18)13-17(15-31-32(5,6)25(2,3)4)29(16)14-23(30)24-21(27)11-8-12-22(24)28/h7-12,16-17H,13-15H2,1-6H3/t16-,17+/m0/s1. The maximum Gasteiger partial charge on any atom is 0.192 e. The van der Waals surface area contributed by atoms with Gasteiger partial charge in [-0.2, -0.15) is 0 Å². The van der Waals surface area contributed by atoms with Crippen LogP contribution in [0.5, 0.6) is 0 Å². The van der Waals surface area contributed by atoms with Crippen LogP contribution in [0.1, 0.15) is 55.2 Å². The van der Waals surface area contributed by atoms with Gasteiger partial charge in [0.05, 0.1) is 22.2 Å². The lowest BCUT2D eigenvalue weighted by molar-refractivity contribution is 0.0652. The number of Topliss-reactive ketones (excluding diaryl/α,β-unsaturated/α-hetero) is 1. The molecule has 0 aromatic heterocycles. The van der Waals surface area contributed by atoms with Crippen LogP contribution in [0.3, 0.4) is 0 Å². The Hall–Kier alpha value is -0.693. The molecule has 0 amide bonds. The van der Waals surface area contributed by atoms with Crippen molar-refractivity contribution in [3.05, 3.63) is 67.6 Å². The van der Waals surface area contributed by atoms with Gasteiger partial charge in [0.25, 0.3) is 0 Å². The molecule has 0 fully saturated rings. The molecule has 32 heavy (non-hydrogen) atoms.